The maximum Gasteiger partial charge on any atom is 0.421 e. The number of methoxy groups -OCH3 is 2. The Morgan fingerprint density at radius 1 is 1.02 bits per heavy atom. The quantitative estimate of drug-likeness (QED) is 0.196. The van der Waals surface area contributed by atoms with Crippen LogP contribution in [0.5, 0.6) is 11.6 Å². The van der Waals surface area contributed by atoms with Crippen LogP contribution in [0.4, 0.5) is 27.6 Å². The highest BCUT2D eigenvalue weighted by Gasteiger charge is 2.39. The van der Waals surface area contributed by atoms with Gasteiger partial charge in [-0.25, -0.2) is 18.6 Å². The van der Waals surface area contributed by atoms with Crippen LogP contribution in [0.3, 0.4) is 0 Å². The summed E-state index contributed by atoms with van der Waals surface area (Å²) >= 11 is 0. The van der Waals surface area contributed by atoms with Crippen LogP contribution in [-0.4, -0.2) is 67.1 Å². The summed E-state index contributed by atoms with van der Waals surface area (Å²) in [6.07, 6.45) is 2.50. The lowest BCUT2D eigenvalue weighted by molar-refractivity contribution is -0.139. The van der Waals surface area contributed by atoms with Gasteiger partial charge >= 0.3 is 12.1 Å². The number of pyridine rings is 1. The van der Waals surface area contributed by atoms with Crippen LogP contribution >= 0.6 is 0 Å². The molecule has 1 saturated heterocycles. The minimum absolute atomic E-state index is 0.0161. The number of likely N-dealkylation sites (tertiary alicyclic amines) is 1. The standard InChI is InChI=1S/C35H44F5N3O5/c1-22-5-7-24(8-6-22)32(44)43(25-9-11-26(46-2)12-10-25)30-14-13-27(18-28(30)33(45)47-3)48-31-29(35(38,39)40)17-23(19-41-31)20-42-16-4-15-34(36,37)21-42/h13-14,17-19,22,24-26H,4-12,15-16,20-21H2,1-3H3. The second-order valence-corrected chi connectivity index (χ2v) is 13.5. The van der Waals surface area contributed by atoms with E-state index in [0.717, 1.165) is 44.6 Å². The van der Waals surface area contributed by atoms with Gasteiger partial charge in [0.25, 0.3) is 5.92 Å². The van der Waals surface area contributed by atoms with Gasteiger partial charge in [0.2, 0.25) is 11.8 Å². The zero-order chi connectivity index (χ0) is 34.6. The molecule has 0 bridgehead atoms. The molecule has 5 rings (SSSR count). The van der Waals surface area contributed by atoms with Crippen molar-refractivity contribution in [2.75, 3.05) is 32.2 Å². The van der Waals surface area contributed by atoms with Crippen molar-refractivity contribution in [3.63, 3.8) is 0 Å². The third kappa shape index (κ3) is 8.63. The molecule has 0 radical (unpaired) electrons. The van der Waals surface area contributed by atoms with Crippen LogP contribution in [0.1, 0.15) is 92.6 Å². The van der Waals surface area contributed by atoms with E-state index >= 15 is 0 Å². The number of anilines is 1. The van der Waals surface area contributed by atoms with E-state index in [4.69, 9.17) is 14.2 Å². The number of alkyl halides is 5. The number of rotatable bonds is 9. The van der Waals surface area contributed by atoms with Crippen LogP contribution in [-0.2, 0) is 27.0 Å². The third-order valence-corrected chi connectivity index (χ3v) is 9.88. The number of amides is 1. The van der Waals surface area contributed by atoms with Crippen molar-refractivity contribution in [1.82, 2.24) is 9.88 Å². The Kier molecular flexibility index (Phi) is 11.3. The van der Waals surface area contributed by atoms with Gasteiger partial charge in [-0.1, -0.05) is 6.92 Å². The summed E-state index contributed by atoms with van der Waals surface area (Å²) in [4.78, 5) is 34.4. The Balaban J connectivity index is 1.46. The minimum atomic E-state index is -4.86. The molecular weight excluding hydrogens is 637 g/mol. The Hall–Kier alpha value is -3.32. The van der Waals surface area contributed by atoms with E-state index in [9.17, 15) is 31.5 Å². The Morgan fingerprint density at radius 3 is 2.35 bits per heavy atom. The number of carbonyl (C=O) groups excluding carboxylic acids is 2. The highest BCUT2D eigenvalue weighted by Crippen LogP contribution is 2.41. The number of carbonyl (C=O) groups is 2. The number of esters is 1. The van der Waals surface area contributed by atoms with E-state index in [1.165, 1.54) is 36.4 Å². The van der Waals surface area contributed by atoms with Gasteiger partial charge < -0.3 is 19.1 Å². The van der Waals surface area contributed by atoms with E-state index in [1.54, 1.807) is 12.0 Å². The number of hydrogen-bond acceptors (Lipinski definition) is 7. The predicted octanol–water partition coefficient (Wildman–Crippen LogP) is 8.03. The van der Waals surface area contributed by atoms with Gasteiger partial charge in [0.1, 0.15) is 11.3 Å². The zero-order valence-corrected chi connectivity index (χ0v) is 27.7. The minimum Gasteiger partial charge on any atom is -0.465 e. The van der Waals surface area contributed by atoms with Gasteiger partial charge in [-0.15, -0.1) is 0 Å². The Labute approximate surface area is 277 Å². The van der Waals surface area contributed by atoms with Gasteiger partial charge in [-0.2, -0.15) is 13.2 Å². The molecule has 1 aromatic carbocycles. The van der Waals surface area contributed by atoms with Crippen molar-refractivity contribution in [2.24, 2.45) is 11.8 Å². The smallest absolute Gasteiger partial charge is 0.421 e. The van der Waals surface area contributed by atoms with Crippen molar-refractivity contribution in [1.29, 1.82) is 0 Å². The van der Waals surface area contributed by atoms with Crippen LogP contribution in [0.15, 0.2) is 30.5 Å². The third-order valence-electron chi connectivity index (χ3n) is 9.88. The first-order valence-corrected chi connectivity index (χ1v) is 16.7. The summed E-state index contributed by atoms with van der Waals surface area (Å²) in [5.74, 6) is -4.29. The molecule has 0 N–H and O–H groups in total. The first kappa shape index (κ1) is 36.0. The van der Waals surface area contributed by atoms with Crippen LogP contribution in [0.2, 0.25) is 0 Å². The maximum atomic E-state index is 14.2. The Bertz CT molecular complexity index is 1440. The number of ether oxygens (including phenoxy) is 3. The fraction of sp³-hybridized carbons (Fsp3) is 0.629. The molecule has 2 saturated carbocycles. The molecule has 3 fully saturated rings. The lowest BCUT2D eigenvalue weighted by Gasteiger charge is -2.40. The van der Waals surface area contributed by atoms with Crippen molar-refractivity contribution >= 4 is 17.6 Å². The number of halogens is 5. The fourth-order valence-electron chi connectivity index (χ4n) is 7.22. The van der Waals surface area contributed by atoms with Gasteiger partial charge in [-0.3, -0.25) is 9.69 Å². The summed E-state index contributed by atoms with van der Waals surface area (Å²) in [5, 5.41) is 0. The first-order chi connectivity index (χ1) is 22.8. The van der Waals surface area contributed by atoms with Crippen molar-refractivity contribution < 1.29 is 45.8 Å². The number of aromatic nitrogens is 1. The Morgan fingerprint density at radius 2 is 1.73 bits per heavy atom. The van der Waals surface area contributed by atoms with Crippen LogP contribution < -0.4 is 9.64 Å². The predicted molar refractivity (Wildman–Crippen MR) is 168 cm³/mol. The van der Waals surface area contributed by atoms with Crippen LogP contribution in [0, 0.1) is 11.8 Å². The lowest BCUT2D eigenvalue weighted by atomic mass is 9.81. The molecule has 264 valence electrons. The van der Waals surface area contributed by atoms with E-state index in [2.05, 4.69) is 11.9 Å². The summed E-state index contributed by atoms with van der Waals surface area (Å²) in [6, 6.07) is 4.86. The molecule has 3 aliphatic rings. The summed E-state index contributed by atoms with van der Waals surface area (Å²) in [7, 11) is 2.85. The van der Waals surface area contributed by atoms with Crippen LogP contribution in [0.25, 0.3) is 0 Å². The molecule has 1 aliphatic heterocycles. The number of benzene rings is 1. The maximum absolute atomic E-state index is 14.2. The molecule has 0 atom stereocenters. The molecule has 8 nitrogen and oxygen atoms in total. The summed E-state index contributed by atoms with van der Waals surface area (Å²) < 4.78 is 86.8. The molecule has 13 heteroatoms. The molecule has 2 aromatic rings. The van der Waals surface area contributed by atoms with Gasteiger partial charge in [0, 0.05) is 38.2 Å². The van der Waals surface area contributed by atoms with Gasteiger partial charge in [0.05, 0.1) is 31.0 Å². The molecule has 2 aliphatic carbocycles. The average Bonchev–Trinajstić information content (AvgIpc) is 3.05. The number of hydrogen-bond donors (Lipinski definition) is 0. The van der Waals surface area contributed by atoms with Crippen molar-refractivity contribution in [2.45, 2.75) is 102 Å². The molecule has 0 spiro atoms. The number of piperidine rings is 1. The highest BCUT2D eigenvalue weighted by atomic mass is 19.4. The van der Waals surface area contributed by atoms with Crippen molar-refractivity contribution in [3.05, 3.63) is 47.2 Å². The molecule has 1 amide bonds. The average molecular weight is 682 g/mol. The SMILES string of the molecule is COC(=O)c1cc(Oc2ncc(CN3CCCC(F)(F)C3)cc2C(F)(F)F)ccc1N(C(=O)C1CCC(C)CC1)C1CCC(OC)CC1. The second-order valence-electron chi connectivity index (χ2n) is 13.5. The zero-order valence-electron chi connectivity index (χ0n) is 27.7. The topological polar surface area (TPSA) is 81.2 Å². The van der Waals surface area contributed by atoms with E-state index in [1.807, 2.05) is 0 Å². The molecule has 2 heterocycles. The van der Waals surface area contributed by atoms with E-state index < -0.39 is 36.1 Å². The molecule has 1 aromatic heterocycles. The normalized spacial score (nSPS) is 24.9. The van der Waals surface area contributed by atoms with Crippen molar-refractivity contribution in [3.8, 4) is 11.6 Å². The first-order valence-electron chi connectivity index (χ1n) is 16.7. The highest BCUT2D eigenvalue weighted by molar-refractivity contribution is 6.04. The van der Waals surface area contributed by atoms with E-state index in [0.29, 0.717) is 31.0 Å². The summed E-state index contributed by atoms with van der Waals surface area (Å²) in [6.45, 7) is 1.85. The molecule has 48 heavy (non-hydrogen) atoms. The largest absolute Gasteiger partial charge is 0.465 e. The second kappa shape index (κ2) is 15.1. The lowest BCUT2D eigenvalue weighted by Crippen LogP contribution is -2.47. The van der Waals surface area contributed by atoms with Gasteiger partial charge in [-0.05, 0) is 100 Å². The molecular formula is C35H44F5N3O5. The fourth-order valence-corrected chi connectivity index (χ4v) is 7.22. The number of nitrogens with zero attached hydrogens (tertiary/aromatic N) is 3. The summed E-state index contributed by atoms with van der Waals surface area (Å²) in [5.41, 5.74) is -0.757. The monoisotopic (exact) mass is 681 g/mol. The van der Waals surface area contributed by atoms with Gasteiger partial charge in [0.15, 0.2) is 0 Å². The molecule has 0 unspecified atom stereocenters. The van der Waals surface area contributed by atoms with E-state index in [-0.39, 0.29) is 60.2 Å².